The number of hydrogen-bond acceptors (Lipinski definition) is 3. The van der Waals surface area contributed by atoms with Crippen LogP contribution in [-0.4, -0.2) is 21.9 Å². The van der Waals surface area contributed by atoms with Crippen molar-refractivity contribution in [3.05, 3.63) is 52.0 Å². The van der Waals surface area contributed by atoms with Gasteiger partial charge >= 0.3 is 0 Å². The molecule has 7 heteroatoms. The lowest BCUT2D eigenvalue weighted by Crippen LogP contribution is -2.18. The van der Waals surface area contributed by atoms with Gasteiger partial charge in [-0.05, 0) is 33.6 Å². The summed E-state index contributed by atoms with van der Waals surface area (Å²) in [5.74, 6) is -0.746. The van der Waals surface area contributed by atoms with E-state index in [2.05, 4.69) is 31.6 Å². The Labute approximate surface area is 117 Å². The molecule has 0 unspecified atom stereocenters. The van der Waals surface area contributed by atoms with E-state index >= 15 is 0 Å². The van der Waals surface area contributed by atoms with Gasteiger partial charge in [0.1, 0.15) is 5.82 Å². The first kappa shape index (κ1) is 13.4. The molecule has 0 saturated heterocycles. The maximum Gasteiger partial charge on any atom is 0.293 e. The van der Waals surface area contributed by atoms with Gasteiger partial charge < -0.3 is 0 Å². The second-order valence-electron chi connectivity index (χ2n) is 3.75. The van der Waals surface area contributed by atoms with E-state index in [0.717, 1.165) is 0 Å². The average Bonchev–Trinajstić information content (AvgIpc) is 2.71. The molecule has 1 amide bonds. The molecular weight excluding hydrogens is 315 g/mol. The lowest BCUT2D eigenvalue weighted by atomic mass is 10.2. The standard InChI is InChI=1S/C12H10BrFN4O/c1-18-7-10(13)11(17-18)12(19)16-15-6-8-2-4-9(14)5-3-8/h2-7H,1H3,(H,16,19)/b15-6-. The fourth-order valence-corrected chi connectivity index (χ4v) is 1.94. The molecule has 1 aromatic carbocycles. The molecule has 2 rings (SSSR count). The maximum atomic E-state index is 12.7. The number of aryl methyl sites for hydroxylation is 1. The molecule has 0 saturated carbocycles. The van der Waals surface area contributed by atoms with Gasteiger partial charge in [0.2, 0.25) is 0 Å². The third-order valence-corrected chi connectivity index (χ3v) is 2.83. The Balaban J connectivity index is 2.00. The van der Waals surface area contributed by atoms with Crippen molar-refractivity contribution < 1.29 is 9.18 Å². The SMILES string of the molecule is Cn1cc(Br)c(C(=O)N/N=C\c2ccc(F)cc2)n1. The zero-order chi connectivity index (χ0) is 13.8. The number of hydrazone groups is 1. The van der Waals surface area contributed by atoms with Crippen LogP contribution in [0, 0.1) is 5.82 Å². The molecule has 5 nitrogen and oxygen atoms in total. The Morgan fingerprint density at radius 1 is 1.47 bits per heavy atom. The zero-order valence-corrected chi connectivity index (χ0v) is 11.6. The first-order chi connectivity index (χ1) is 9.06. The minimum atomic E-state index is -0.425. The Bertz CT molecular complexity index is 621. The van der Waals surface area contributed by atoms with Crippen molar-refractivity contribution >= 4 is 28.1 Å². The molecule has 98 valence electrons. The van der Waals surface area contributed by atoms with Gasteiger partial charge in [-0.2, -0.15) is 10.2 Å². The second-order valence-corrected chi connectivity index (χ2v) is 4.60. The number of carbonyl (C=O) groups excluding carboxylic acids is 1. The van der Waals surface area contributed by atoms with Crippen molar-refractivity contribution in [1.29, 1.82) is 0 Å². The smallest absolute Gasteiger partial charge is 0.274 e. The van der Waals surface area contributed by atoms with Crippen LogP contribution in [0.25, 0.3) is 0 Å². The van der Waals surface area contributed by atoms with Gasteiger partial charge in [0.25, 0.3) is 5.91 Å². The Kier molecular flexibility index (Phi) is 4.06. The van der Waals surface area contributed by atoms with E-state index in [1.54, 1.807) is 25.4 Å². The van der Waals surface area contributed by atoms with Crippen LogP contribution in [-0.2, 0) is 7.05 Å². The number of benzene rings is 1. The number of carbonyl (C=O) groups is 1. The van der Waals surface area contributed by atoms with Crippen molar-refractivity contribution in [2.24, 2.45) is 12.1 Å². The molecule has 0 fully saturated rings. The minimum Gasteiger partial charge on any atom is -0.274 e. The zero-order valence-electron chi connectivity index (χ0n) is 9.97. The van der Waals surface area contributed by atoms with Crippen LogP contribution in [0.2, 0.25) is 0 Å². The Morgan fingerprint density at radius 3 is 2.74 bits per heavy atom. The molecule has 2 aromatic rings. The molecule has 1 heterocycles. The summed E-state index contributed by atoms with van der Waals surface area (Å²) in [5.41, 5.74) is 3.28. The topological polar surface area (TPSA) is 59.3 Å². The van der Waals surface area contributed by atoms with E-state index in [4.69, 9.17) is 0 Å². The first-order valence-corrected chi connectivity index (χ1v) is 6.13. The number of rotatable bonds is 3. The van der Waals surface area contributed by atoms with Crippen LogP contribution >= 0.6 is 15.9 Å². The quantitative estimate of drug-likeness (QED) is 0.694. The van der Waals surface area contributed by atoms with Crippen molar-refractivity contribution in [2.45, 2.75) is 0 Å². The molecule has 0 aliphatic rings. The van der Waals surface area contributed by atoms with Crippen LogP contribution in [0.4, 0.5) is 4.39 Å². The molecule has 0 bridgehead atoms. The summed E-state index contributed by atoms with van der Waals surface area (Å²) in [4.78, 5) is 11.7. The summed E-state index contributed by atoms with van der Waals surface area (Å²) in [5, 5.41) is 7.76. The minimum absolute atomic E-state index is 0.249. The van der Waals surface area contributed by atoms with Crippen LogP contribution in [0.5, 0.6) is 0 Å². The number of nitrogens with one attached hydrogen (secondary N) is 1. The van der Waals surface area contributed by atoms with Gasteiger partial charge in [0.15, 0.2) is 5.69 Å². The van der Waals surface area contributed by atoms with Crippen molar-refractivity contribution in [3.63, 3.8) is 0 Å². The fourth-order valence-electron chi connectivity index (χ4n) is 1.38. The fraction of sp³-hybridized carbons (Fsp3) is 0.0833. The van der Waals surface area contributed by atoms with E-state index in [-0.39, 0.29) is 11.5 Å². The molecular formula is C12H10BrFN4O. The van der Waals surface area contributed by atoms with Crippen molar-refractivity contribution in [1.82, 2.24) is 15.2 Å². The lowest BCUT2D eigenvalue weighted by Gasteiger charge is -1.96. The third kappa shape index (κ3) is 3.47. The predicted molar refractivity (Wildman–Crippen MR) is 72.4 cm³/mol. The summed E-state index contributed by atoms with van der Waals surface area (Å²) in [6.07, 6.45) is 3.09. The van der Waals surface area contributed by atoms with Crippen molar-refractivity contribution in [3.8, 4) is 0 Å². The summed E-state index contributed by atoms with van der Waals surface area (Å²) in [6.45, 7) is 0. The van der Waals surface area contributed by atoms with Crippen molar-refractivity contribution in [2.75, 3.05) is 0 Å². The monoisotopic (exact) mass is 324 g/mol. The van der Waals surface area contributed by atoms with E-state index in [1.165, 1.54) is 23.0 Å². The van der Waals surface area contributed by atoms with E-state index in [1.807, 2.05) is 0 Å². The third-order valence-electron chi connectivity index (χ3n) is 2.25. The second kappa shape index (κ2) is 5.75. The molecule has 0 aliphatic heterocycles. The normalized spacial score (nSPS) is 10.9. The molecule has 0 radical (unpaired) electrons. The first-order valence-electron chi connectivity index (χ1n) is 5.34. The van der Waals surface area contributed by atoms with Crippen LogP contribution in [0.1, 0.15) is 16.1 Å². The molecule has 1 aromatic heterocycles. The summed E-state index contributed by atoms with van der Waals surface area (Å²) in [6, 6.07) is 5.75. The molecule has 0 spiro atoms. The van der Waals surface area contributed by atoms with Gasteiger partial charge in [-0.15, -0.1) is 0 Å². The Hall–Kier alpha value is -2.02. The van der Waals surface area contributed by atoms with Gasteiger partial charge in [-0.25, -0.2) is 9.82 Å². The highest BCUT2D eigenvalue weighted by atomic mass is 79.9. The van der Waals surface area contributed by atoms with Gasteiger partial charge in [-0.1, -0.05) is 12.1 Å². The molecule has 19 heavy (non-hydrogen) atoms. The summed E-state index contributed by atoms with van der Waals surface area (Å²) in [7, 11) is 1.71. The predicted octanol–water partition coefficient (Wildman–Crippen LogP) is 2.09. The number of halogens is 2. The number of amides is 1. The van der Waals surface area contributed by atoms with Crippen LogP contribution < -0.4 is 5.43 Å². The van der Waals surface area contributed by atoms with Gasteiger partial charge in [-0.3, -0.25) is 9.48 Å². The highest BCUT2D eigenvalue weighted by Gasteiger charge is 2.13. The number of nitrogens with zero attached hydrogens (tertiary/aromatic N) is 3. The summed E-state index contributed by atoms with van der Waals surface area (Å²) < 4.78 is 14.8. The molecule has 0 atom stereocenters. The van der Waals surface area contributed by atoms with Crippen LogP contribution in [0.3, 0.4) is 0 Å². The van der Waals surface area contributed by atoms with Gasteiger partial charge in [0, 0.05) is 13.2 Å². The average molecular weight is 325 g/mol. The van der Waals surface area contributed by atoms with E-state index in [0.29, 0.717) is 10.0 Å². The molecule has 0 aliphatic carbocycles. The van der Waals surface area contributed by atoms with E-state index in [9.17, 15) is 9.18 Å². The van der Waals surface area contributed by atoms with Gasteiger partial charge in [0.05, 0.1) is 10.7 Å². The number of aromatic nitrogens is 2. The highest BCUT2D eigenvalue weighted by molar-refractivity contribution is 9.10. The molecule has 1 N–H and O–H groups in total. The number of hydrogen-bond donors (Lipinski definition) is 1. The largest absolute Gasteiger partial charge is 0.293 e. The maximum absolute atomic E-state index is 12.7. The Morgan fingerprint density at radius 2 is 2.16 bits per heavy atom. The highest BCUT2D eigenvalue weighted by Crippen LogP contribution is 2.13. The van der Waals surface area contributed by atoms with Crippen LogP contribution in [0.15, 0.2) is 40.0 Å². The lowest BCUT2D eigenvalue weighted by molar-refractivity contribution is 0.0948. The van der Waals surface area contributed by atoms with E-state index < -0.39 is 5.91 Å². The summed E-state index contributed by atoms with van der Waals surface area (Å²) >= 11 is 3.22.